The molecule has 1 fully saturated rings. The van der Waals surface area contributed by atoms with Gasteiger partial charge in [0.1, 0.15) is 11.7 Å². The number of ether oxygens (including phenoxy) is 1. The Balaban J connectivity index is 2.15. The Bertz CT molecular complexity index is 510. The van der Waals surface area contributed by atoms with Gasteiger partial charge in [-0.2, -0.15) is 5.26 Å². The van der Waals surface area contributed by atoms with E-state index in [0.29, 0.717) is 5.75 Å². The van der Waals surface area contributed by atoms with Crippen LogP contribution in [0, 0.1) is 17.2 Å². The zero-order valence-electron chi connectivity index (χ0n) is 12.7. The summed E-state index contributed by atoms with van der Waals surface area (Å²) in [5.41, 5.74) is 0.754. The molecule has 0 radical (unpaired) electrons. The normalized spacial score (nSPS) is 18.1. The van der Waals surface area contributed by atoms with Crippen LogP contribution in [-0.4, -0.2) is 12.9 Å². The van der Waals surface area contributed by atoms with E-state index in [9.17, 15) is 10.1 Å². The molecule has 3 heteroatoms. The van der Waals surface area contributed by atoms with Gasteiger partial charge in [0.2, 0.25) is 0 Å². The van der Waals surface area contributed by atoms with Crippen LogP contribution in [0.3, 0.4) is 0 Å². The van der Waals surface area contributed by atoms with Gasteiger partial charge in [0.15, 0.2) is 5.78 Å². The number of methoxy groups -OCH3 is 1. The molecule has 1 aliphatic carbocycles. The Labute approximate surface area is 126 Å². The van der Waals surface area contributed by atoms with E-state index in [4.69, 9.17) is 4.74 Å². The fourth-order valence-corrected chi connectivity index (χ4v) is 3.10. The Hall–Kier alpha value is -1.82. The lowest BCUT2D eigenvalue weighted by molar-refractivity contribution is -0.123. The highest BCUT2D eigenvalue weighted by Gasteiger charge is 2.28. The topological polar surface area (TPSA) is 50.1 Å². The minimum atomic E-state index is -0.662. The summed E-state index contributed by atoms with van der Waals surface area (Å²) in [5.74, 6) is 0.163. The first-order chi connectivity index (χ1) is 10.3. The molecule has 0 saturated heterocycles. The van der Waals surface area contributed by atoms with Gasteiger partial charge in [-0.1, -0.05) is 44.2 Å². The summed E-state index contributed by atoms with van der Waals surface area (Å²) in [4.78, 5) is 12.7. The number of Topliss-reactive ketones (excluding diaryl/α,β-unsaturated/α-hetero) is 1. The molecule has 1 aliphatic rings. The van der Waals surface area contributed by atoms with Crippen molar-refractivity contribution in [3.8, 4) is 11.8 Å². The highest BCUT2D eigenvalue weighted by molar-refractivity contribution is 5.90. The maximum absolute atomic E-state index is 12.7. The van der Waals surface area contributed by atoms with Crippen molar-refractivity contribution in [2.75, 3.05) is 7.11 Å². The van der Waals surface area contributed by atoms with Crippen LogP contribution in [0.1, 0.15) is 56.4 Å². The number of ketones is 1. The highest BCUT2D eigenvalue weighted by atomic mass is 16.5. The Morgan fingerprint density at radius 3 is 2.52 bits per heavy atom. The van der Waals surface area contributed by atoms with E-state index in [-0.39, 0.29) is 11.7 Å². The molecular weight excluding hydrogens is 262 g/mol. The lowest BCUT2D eigenvalue weighted by atomic mass is 9.81. The van der Waals surface area contributed by atoms with Crippen molar-refractivity contribution in [3.63, 3.8) is 0 Å². The van der Waals surface area contributed by atoms with Crippen LogP contribution in [0.4, 0.5) is 0 Å². The molecule has 2 rings (SSSR count). The summed E-state index contributed by atoms with van der Waals surface area (Å²) in [6.45, 7) is 0. The van der Waals surface area contributed by atoms with Gasteiger partial charge in [0.25, 0.3) is 0 Å². The second kappa shape index (κ2) is 7.83. The van der Waals surface area contributed by atoms with Crippen LogP contribution >= 0.6 is 0 Å². The molecule has 112 valence electrons. The third-order valence-corrected chi connectivity index (χ3v) is 4.35. The van der Waals surface area contributed by atoms with E-state index < -0.39 is 5.92 Å². The quantitative estimate of drug-likeness (QED) is 0.831. The van der Waals surface area contributed by atoms with Gasteiger partial charge in [-0.25, -0.2) is 0 Å². The lowest BCUT2D eigenvalue weighted by Gasteiger charge is -2.21. The standard InChI is InChI=1S/C18H23NO2/c1-21-16-11-7-10-15(12-16)17(13-19)18(20)14-8-5-3-2-4-6-9-14/h7,10-12,14,17H,2-6,8-9H2,1H3. The van der Waals surface area contributed by atoms with Crippen molar-refractivity contribution < 1.29 is 9.53 Å². The van der Waals surface area contributed by atoms with E-state index in [1.165, 1.54) is 19.3 Å². The zero-order valence-corrected chi connectivity index (χ0v) is 12.7. The number of rotatable bonds is 4. The van der Waals surface area contributed by atoms with Crippen LogP contribution in [0.2, 0.25) is 0 Å². The molecule has 0 N–H and O–H groups in total. The van der Waals surface area contributed by atoms with Gasteiger partial charge < -0.3 is 4.74 Å². The number of nitrogens with zero attached hydrogens (tertiary/aromatic N) is 1. The summed E-state index contributed by atoms with van der Waals surface area (Å²) in [5, 5.41) is 9.46. The maximum Gasteiger partial charge on any atom is 0.157 e. The van der Waals surface area contributed by atoms with Crippen LogP contribution < -0.4 is 4.74 Å². The molecule has 1 saturated carbocycles. The van der Waals surface area contributed by atoms with Gasteiger partial charge in [0, 0.05) is 5.92 Å². The fourth-order valence-electron chi connectivity index (χ4n) is 3.10. The average molecular weight is 285 g/mol. The van der Waals surface area contributed by atoms with Crippen molar-refractivity contribution >= 4 is 5.78 Å². The summed E-state index contributed by atoms with van der Waals surface area (Å²) in [6.07, 6.45) is 7.76. The SMILES string of the molecule is COc1cccc(C(C#N)C(=O)C2CCCCCCC2)c1. The van der Waals surface area contributed by atoms with Crippen molar-refractivity contribution in [1.82, 2.24) is 0 Å². The fraction of sp³-hybridized carbons (Fsp3) is 0.556. The Morgan fingerprint density at radius 1 is 1.24 bits per heavy atom. The summed E-state index contributed by atoms with van der Waals surface area (Å²) < 4.78 is 5.19. The van der Waals surface area contributed by atoms with Crippen LogP contribution in [0.15, 0.2) is 24.3 Å². The molecule has 0 spiro atoms. The minimum absolute atomic E-state index is 0.0427. The molecule has 0 aromatic heterocycles. The van der Waals surface area contributed by atoms with Crippen LogP contribution in [-0.2, 0) is 4.79 Å². The molecule has 3 nitrogen and oxygen atoms in total. The van der Waals surface area contributed by atoms with Crippen molar-refractivity contribution in [2.45, 2.75) is 50.9 Å². The third kappa shape index (κ3) is 4.07. The van der Waals surface area contributed by atoms with Gasteiger partial charge in [-0.05, 0) is 30.5 Å². The third-order valence-electron chi connectivity index (χ3n) is 4.35. The van der Waals surface area contributed by atoms with E-state index in [0.717, 1.165) is 31.2 Å². The maximum atomic E-state index is 12.7. The summed E-state index contributed by atoms with van der Waals surface area (Å²) in [7, 11) is 1.59. The molecule has 1 unspecified atom stereocenters. The molecule has 0 heterocycles. The number of benzene rings is 1. The molecule has 0 amide bonds. The molecule has 1 aromatic carbocycles. The predicted molar refractivity (Wildman–Crippen MR) is 82.2 cm³/mol. The number of carbonyl (C=O) groups excluding carboxylic acids is 1. The predicted octanol–water partition coefficient (Wildman–Crippen LogP) is 4.23. The summed E-state index contributed by atoms with van der Waals surface area (Å²) >= 11 is 0. The molecular formula is C18H23NO2. The first kappa shape index (κ1) is 15.6. The van der Waals surface area contributed by atoms with E-state index in [1.807, 2.05) is 18.2 Å². The lowest BCUT2D eigenvalue weighted by Crippen LogP contribution is -2.22. The van der Waals surface area contributed by atoms with Crippen molar-refractivity contribution in [3.05, 3.63) is 29.8 Å². The monoisotopic (exact) mass is 285 g/mol. The summed E-state index contributed by atoms with van der Waals surface area (Å²) in [6, 6.07) is 9.51. The highest BCUT2D eigenvalue weighted by Crippen LogP contribution is 2.30. The van der Waals surface area contributed by atoms with Gasteiger partial charge >= 0.3 is 0 Å². The van der Waals surface area contributed by atoms with Crippen LogP contribution in [0.25, 0.3) is 0 Å². The smallest absolute Gasteiger partial charge is 0.157 e. The molecule has 1 atom stereocenters. The van der Waals surface area contributed by atoms with E-state index >= 15 is 0 Å². The van der Waals surface area contributed by atoms with Crippen molar-refractivity contribution in [2.24, 2.45) is 5.92 Å². The molecule has 0 aliphatic heterocycles. The largest absolute Gasteiger partial charge is 0.497 e. The molecule has 0 bridgehead atoms. The minimum Gasteiger partial charge on any atom is -0.497 e. The number of hydrogen-bond acceptors (Lipinski definition) is 3. The first-order valence-electron chi connectivity index (χ1n) is 7.83. The van der Waals surface area contributed by atoms with Crippen molar-refractivity contribution in [1.29, 1.82) is 5.26 Å². The molecule has 21 heavy (non-hydrogen) atoms. The Kier molecular flexibility index (Phi) is 5.80. The Morgan fingerprint density at radius 2 is 1.90 bits per heavy atom. The number of nitriles is 1. The average Bonchev–Trinajstić information content (AvgIpc) is 2.48. The van der Waals surface area contributed by atoms with E-state index in [2.05, 4.69) is 6.07 Å². The van der Waals surface area contributed by atoms with Crippen LogP contribution in [0.5, 0.6) is 5.75 Å². The first-order valence-corrected chi connectivity index (χ1v) is 7.83. The van der Waals surface area contributed by atoms with Gasteiger partial charge in [-0.15, -0.1) is 0 Å². The molecule has 1 aromatic rings. The number of carbonyl (C=O) groups is 1. The van der Waals surface area contributed by atoms with Gasteiger partial charge in [0.05, 0.1) is 13.2 Å². The van der Waals surface area contributed by atoms with E-state index in [1.54, 1.807) is 13.2 Å². The second-order valence-corrected chi connectivity index (χ2v) is 5.78. The van der Waals surface area contributed by atoms with Gasteiger partial charge in [-0.3, -0.25) is 4.79 Å². The second-order valence-electron chi connectivity index (χ2n) is 5.78. The zero-order chi connectivity index (χ0) is 15.1. The number of hydrogen-bond donors (Lipinski definition) is 0.